The largest absolute Gasteiger partial charge is 0.480 e. The summed E-state index contributed by atoms with van der Waals surface area (Å²) in [5.74, 6) is -1.23. The summed E-state index contributed by atoms with van der Waals surface area (Å²) in [6.45, 7) is 7.96. The van der Waals surface area contributed by atoms with Gasteiger partial charge in [-0.05, 0) is 20.6 Å². The molecule has 2 N–H and O–H groups in total. The van der Waals surface area contributed by atoms with Gasteiger partial charge in [-0.1, -0.05) is 0 Å². The lowest BCUT2D eigenvalue weighted by molar-refractivity contribution is -0.130. The predicted molar refractivity (Wildman–Crippen MR) is 115 cm³/mol. The van der Waals surface area contributed by atoms with Crippen molar-refractivity contribution in [3.63, 3.8) is 0 Å². The average Bonchev–Trinajstić information content (AvgIpc) is 3.13. The van der Waals surface area contributed by atoms with Crippen LogP contribution in [0, 0.1) is 11.6 Å². The second-order valence-electron chi connectivity index (χ2n) is 7.51. The van der Waals surface area contributed by atoms with E-state index >= 15 is 0 Å². The molecule has 2 aliphatic rings. The van der Waals surface area contributed by atoms with E-state index in [0.717, 1.165) is 12.1 Å². The number of nitrogens with one attached hydrogen (secondary N) is 2. The summed E-state index contributed by atoms with van der Waals surface area (Å²) in [7, 11) is 1.69. The Morgan fingerprint density at radius 1 is 1.25 bits per heavy atom. The molecule has 1 atom stereocenters. The zero-order valence-corrected chi connectivity index (χ0v) is 18.3. The number of ether oxygens (including phenoxy) is 2. The number of halogens is 2. The molecule has 1 aromatic carbocycles. The monoisotopic (exact) mass is 453 g/mol. The maximum absolute atomic E-state index is 14.9. The Kier molecular flexibility index (Phi) is 7.73. The van der Waals surface area contributed by atoms with Crippen molar-refractivity contribution in [3.05, 3.63) is 36.2 Å². The van der Waals surface area contributed by atoms with Crippen LogP contribution in [-0.4, -0.2) is 82.5 Å². The number of hydrogen-bond donors (Lipinski definition) is 2. The molecule has 0 saturated carbocycles. The number of amides is 2. The first-order valence-corrected chi connectivity index (χ1v) is 10.5. The molecule has 3 rings (SSSR count). The van der Waals surface area contributed by atoms with E-state index < -0.39 is 23.8 Å². The van der Waals surface area contributed by atoms with E-state index in [9.17, 15) is 18.4 Å². The summed E-state index contributed by atoms with van der Waals surface area (Å²) in [6, 6.07) is 2.26. The maximum atomic E-state index is 14.9. The molecule has 11 heteroatoms. The Bertz CT molecular complexity index is 838. The Balaban J connectivity index is 1.64. The van der Waals surface area contributed by atoms with Crippen LogP contribution in [-0.2, 0) is 14.3 Å². The topological polar surface area (TPSA) is 86.4 Å². The standard InChI is InChI=1S/C21H29F2N5O4/c1-4-31-14(2)25-11-16-13-28(21(30)32-16)15-9-17(22)20(18(23)10-15)27-7-5-26(6-8-27)19(29)12-24-3/h9-10,16,24-25H,2,4-8,11-13H2,1,3H3. The molecular formula is C21H29F2N5O4. The van der Waals surface area contributed by atoms with Gasteiger partial charge in [0.25, 0.3) is 0 Å². The van der Waals surface area contributed by atoms with Gasteiger partial charge in [0.2, 0.25) is 5.91 Å². The Labute approximate surface area is 185 Å². The molecule has 0 radical (unpaired) electrons. The van der Waals surface area contributed by atoms with Crippen LogP contribution in [0.25, 0.3) is 0 Å². The SMILES string of the molecule is C=C(NCC1CN(c2cc(F)c(N3CCN(C(=O)CNC)CC3)c(F)c2)C(=O)O1)OCC. The molecule has 32 heavy (non-hydrogen) atoms. The summed E-state index contributed by atoms with van der Waals surface area (Å²) in [6.07, 6.45) is -1.20. The highest BCUT2D eigenvalue weighted by Gasteiger charge is 2.34. The first-order valence-electron chi connectivity index (χ1n) is 10.5. The quantitative estimate of drug-likeness (QED) is 0.545. The highest BCUT2D eigenvalue weighted by atomic mass is 19.1. The van der Waals surface area contributed by atoms with Crippen molar-refractivity contribution in [2.75, 3.05) is 69.3 Å². The summed E-state index contributed by atoms with van der Waals surface area (Å²) >= 11 is 0. The lowest BCUT2D eigenvalue weighted by Crippen LogP contribution is -2.51. The van der Waals surface area contributed by atoms with E-state index in [-0.39, 0.29) is 36.9 Å². The van der Waals surface area contributed by atoms with Gasteiger partial charge in [0.05, 0.1) is 31.9 Å². The molecule has 2 amide bonds. The van der Waals surface area contributed by atoms with Gasteiger partial charge in [-0.2, -0.15) is 0 Å². The number of benzene rings is 1. The molecule has 1 unspecified atom stereocenters. The lowest BCUT2D eigenvalue weighted by atomic mass is 10.2. The van der Waals surface area contributed by atoms with Crippen molar-refractivity contribution in [3.8, 4) is 0 Å². The summed E-state index contributed by atoms with van der Waals surface area (Å²) in [5.41, 5.74) is -0.0732. The second kappa shape index (κ2) is 10.5. The molecule has 2 fully saturated rings. The number of piperazine rings is 1. The fraction of sp³-hybridized carbons (Fsp3) is 0.524. The van der Waals surface area contributed by atoms with E-state index in [1.165, 1.54) is 4.90 Å². The number of hydrogen-bond acceptors (Lipinski definition) is 7. The summed E-state index contributed by atoms with van der Waals surface area (Å²) in [4.78, 5) is 28.6. The van der Waals surface area contributed by atoms with Gasteiger partial charge < -0.3 is 29.9 Å². The molecule has 2 aliphatic heterocycles. The third-order valence-electron chi connectivity index (χ3n) is 5.31. The van der Waals surface area contributed by atoms with Crippen molar-refractivity contribution < 1.29 is 27.8 Å². The molecule has 2 saturated heterocycles. The van der Waals surface area contributed by atoms with Gasteiger partial charge in [-0.15, -0.1) is 0 Å². The number of anilines is 2. The molecule has 9 nitrogen and oxygen atoms in total. The van der Waals surface area contributed by atoms with Crippen LogP contribution in [0.3, 0.4) is 0 Å². The van der Waals surface area contributed by atoms with Crippen molar-refractivity contribution in [1.82, 2.24) is 15.5 Å². The van der Waals surface area contributed by atoms with Crippen LogP contribution in [0.2, 0.25) is 0 Å². The van der Waals surface area contributed by atoms with E-state index in [0.29, 0.717) is 38.7 Å². The number of likely N-dealkylation sites (N-methyl/N-ethyl adjacent to an activating group) is 1. The smallest absolute Gasteiger partial charge is 0.414 e. The Morgan fingerprint density at radius 2 is 1.91 bits per heavy atom. The maximum Gasteiger partial charge on any atom is 0.414 e. The van der Waals surface area contributed by atoms with Crippen molar-refractivity contribution in [2.45, 2.75) is 13.0 Å². The van der Waals surface area contributed by atoms with Crippen molar-refractivity contribution in [2.24, 2.45) is 0 Å². The first-order chi connectivity index (χ1) is 15.3. The van der Waals surface area contributed by atoms with Crippen LogP contribution in [0.5, 0.6) is 0 Å². The van der Waals surface area contributed by atoms with E-state index in [2.05, 4.69) is 17.2 Å². The number of rotatable bonds is 9. The van der Waals surface area contributed by atoms with Gasteiger partial charge in [-0.3, -0.25) is 9.69 Å². The van der Waals surface area contributed by atoms with Gasteiger partial charge in [0, 0.05) is 38.3 Å². The third-order valence-corrected chi connectivity index (χ3v) is 5.31. The molecule has 2 heterocycles. The minimum absolute atomic E-state index is 0.0511. The van der Waals surface area contributed by atoms with Gasteiger partial charge in [0.1, 0.15) is 11.8 Å². The van der Waals surface area contributed by atoms with Crippen LogP contribution >= 0.6 is 0 Å². The zero-order valence-electron chi connectivity index (χ0n) is 18.3. The summed E-state index contributed by atoms with van der Waals surface area (Å²) in [5, 5.41) is 5.71. The van der Waals surface area contributed by atoms with Gasteiger partial charge in [0.15, 0.2) is 17.5 Å². The zero-order chi connectivity index (χ0) is 23.3. The molecular weight excluding hydrogens is 424 g/mol. The second-order valence-corrected chi connectivity index (χ2v) is 7.51. The average molecular weight is 453 g/mol. The summed E-state index contributed by atoms with van der Waals surface area (Å²) < 4.78 is 40.2. The van der Waals surface area contributed by atoms with E-state index in [1.807, 2.05) is 6.92 Å². The normalized spacial score (nSPS) is 18.6. The molecule has 0 spiro atoms. The number of carbonyl (C=O) groups is 2. The molecule has 1 aromatic rings. The van der Waals surface area contributed by atoms with Gasteiger partial charge in [-0.25, -0.2) is 13.6 Å². The van der Waals surface area contributed by atoms with Crippen LogP contribution in [0.4, 0.5) is 25.0 Å². The fourth-order valence-corrected chi connectivity index (χ4v) is 3.74. The minimum atomic E-state index is -0.769. The highest BCUT2D eigenvalue weighted by Crippen LogP contribution is 2.31. The fourth-order valence-electron chi connectivity index (χ4n) is 3.74. The first kappa shape index (κ1) is 23.6. The Hall–Kier alpha value is -3.08. The van der Waals surface area contributed by atoms with E-state index in [4.69, 9.17) is 9.47 Å². The Morgan fingerprint density at radius 3 is 2.50 bits per heavy atom. The predicted octanol–water partition coefficient (Wildman–Crippen LogP) is 1.26. The molecule has 0 aromatic heterocycles. The van der Waals surface area contributed by atoms with Gasteiger partial charge >= 0.3 is 6.09 Å². The lowest BCUT2D eigenvalue weighted by Gasteiger charge is -2.36. The van der Waals surface area contributed by atoms with Crippen molar-refractivity contribution in [1.29, 1.82) is 0 Å². The highest BCUT2D eigenvalue weighted by molar-refractivity contribution is 5.90. The van der Waals surface area contributed by atoms with Crippen molar-refractivity contribution >= 4 is 23.4 Å². The number of nitrogens with zero attached hydrogens (tertiary/aromatic N) is 3. The molecule has 0 aliphatic carbocycles. The number of carbonyl (C=O) groups excluding carboxylic acids is 2. The van der Waals surface area contributed by atoms with E-state index in [1.54, 1.807) is 16.8 Å². The van der Waals surface area contributed by atoms with Crippen LogP contribution in [0.1, 0.15) is 6.92 Å². The number of cyclic esters (lactones) is 1. The minimum Gasteiger partial charge on any atom is -0.480 e. The van der Waals surface area contributed by atoms with Crippen LogP contribution in [0.15, 0.2) is 24.6 Å². The van der Waals surface area contributed by atoms with Crippen LogP contribution < -0.4 is 20.4 Å². The molecule has 176 valence electrons. The third kappa shape index (κ3) is 5.39. The molecule has 0 bridgehead atoms.